The first-order valence-corrected chi connectivity index (χ1v) is 6.23. The topological polar surface area (TPSA) is 38.3 Å². The van der Waals surface area contributed by atoms with E-state index in [-0.39, 0.29) is 24.5 Å². The largest absolute Gasteiger partial charge is 0.469 e. The van der Waals surface area contributed by atoms with Crippen LogP contribution in [-0.4, -0.2) is 19.1 Å². The monoisotopic (exact) mass is 289 g/mol. The van der Waals surface area contributed by atoms with Crippen LogP contribution in [-0.2, 0) is 22.3 Å². The van der Waals surface area contributed by atoms with Crippen LogP contribution in [0.4, 0.5) is 13.2 Å². The van der Waals surface area contributed by atoms with E-state index in [1.54, 1.807) is 19.9 Å². The summed E-state index contributed by atoms with van der Waals surface area (Å²) < 4.78 is 42.3. The average Bonchev–Trinajstić information content (AvgIpc) is 2.42. The minimum Gasteiger partial charge on any atom is -0.469 e. The van der Waals surface area contributed by atoms with E-state index in [9.17, 15) is 18.0 Å². The van der Waals surface area contributed by atoms with E-state index >= 15 is 0 Å². The lowest BCUT2D eigenvalue weighted by atomic mass is 10.0. The van der Waals surface area contributed by atoms with Crippen molar-refractivity contribution < 1.29 is 22.7 Å². The number of methoxy groups -OCH3 is 1. The number of hydrogen-bond donors (Lipinski definition) is 1. The van der Waals surface area contributed by atoms with Crippen molar-refractivity contribution in [1.29, 1.82) is 0 Å². The summed E-state index contributed by atoms with van der Waals surface area (Å²) in [4.78, 5) is 11.3. The third kappa shape index (κ3) is 4.52. The summed E-state index contributed by atoms with van der Waals surface area (Å²) >= 11 is 0. The SMILES string of the molecule is COC(=O)C(C)C(C)NCc1cccc(C(F)(F)F)c1. The van der Waals surface area contributed by atoms with Crippen molar-refractivity contribution in [1.82, 2.24) is 5.32 Å². The number of nitrogens with one attached hydrogen (secondary N) is 1. The summed E-state index contributed by atoms with van der Waals surface area (Å²) in [7, 11) is 1.30. The molecule has 2 atom stereocenters. The maximum atomic E-state index is 12.6. The maximum absolute atomic E-state index is 12.6. The second kappa shape index (κ2) is 6.74. The zero-order valence-corrected chi connectivity index (χ0v) is 11.6. The Morgan fingerprint density at radius 1 is 1.35 bits per heavy atom. The molecular weight excluding hydrogens is 271 g/mol. The third-order valence-electron chi connectivity index (χ3n) is 3.21. The molecule has 3 nitrogen and oxygen atoms in total. The molecule has 0 bridgehead atoms. The van der Waals surface area contributed by atoms with E-state index < -0.39 is 11.7 Å². The molecule has 0 radical (unpaired) electrons. The fraction of sp³-hybridized carbons (Fsp3) is 0.500. The van der Waals surface area contributed by atoms with Gasteiger partial charge in [0, 0.05) is 12.6 Å². The van der Waals surface area contributed by atoms with Crippen LogP contribution in [0.5, 0.6) is 0 Å². The second-order valence-corrected chi connectivity index (χ2v) is 4.68. The standard InChI is InChI=1S/C14H18F3NO2/c1-9(13(19)20-3)10(2)18-8-11-5-4-6-12(7-11)14(15,16)17/h4-7,9-10,18H,8H2,1-3H3. The van der Waals surface area contributed by atoms with Gasteiger partial charge in [-0.15, -0.1) is 0 Å². The fourth-order valence-electron chi connectivity index (χ4n) is 1.70. The molecule has 20 heavy (non-hydrogen) atoms. The molecule has 1 rings (SSSR count). The molecule has 0 aliphatic rings. The van der Waals surface area contributed by atoms with E-state index in [1.807, 2.05) is 0 Å². The van der Waals surface area contributed by atoms with Gasteiger partial charge in [-0.25, -0.2) is 0 Å². The van der Waals surface area contributed by atoms with Gasteiger partial charge >= 0.3 is 12.1 Å². The van der Waals surface area contributed by atoms with Gasteiger partial charge in [-0.2, -0.15) is 13.2 Å². The number of benzene rings is 1. The Morgan fingerprint density at radius 3 is 2.55 bits per heavy atom. The summed E-state index contributed by atoms with van der Waals surface area (Å²) in [6, 6.07) is 4.91. The predicted octanol–water partition coefficient (Wildman–Crippen LogP) is 2.99. The predicted molar refractivity (Wildman–Crippen MR) is 68.9 cm³/mol. The van der Waals surface area contributed by atoms with Crippen LogP contribution in [0.15, 0.2) is 24.3 Å². The number of carbonyl (C=O) groups is 1. The summed E-state index contributed by atoms with van der Waals surface area (Å²) in [5, 5.41) is 3.02. The highest BCUT2D eigenvalue weighted by Gasteiger charge is 2.30. The molecule has 1 N–H and O–H groups in total. The van der Waals surface area contributed by atoms with E-state index in [4.69, 9.17) is 0 Å². The first-order valence-electron chi connectivity index (χ1n) is 6.23. The van der Waals surface area contributed by atoms with Crippen molar-refractivity contribution in [2.24, 2.45) is 5.92 Å². The molecule has 2 unspecified atom stereocenters. The molecule has 0 aromatic heterocycles. The fourth-order valence-corrected chi connectivity index (χ4v) is 1.70. The van der Waals surface area contributed by atoms with Crippen LogP contribution < -0.4 is 5.32 Å². The molecule has 1 aromatic carbocycles. The molecule has 0 heterocycles. The molecule has 6 heteroatoms. The van der Waals surface area contributed by atoms with E-state index in [2.05, 4.69) is 10.1 Å². The quantitative estimate of drug-likeness (QED) is 0.847. The van der Waals surface area contributed by atoms with Gasteiger partial charge in [-0.1, -0.05) is 25.1 Å². The molecule has 112 valence electrons. The molecule has 0 aliphatic heterocycles. The highest BCUT2D eigenvalue weighted by molar-refractivity contribution is 5.72. The minimum absolute atomic E-state index is 0.197. The number of alkyl halides is 3. The lowest BCUT2D eigenvalue weighted by Gasteiger charge is -2.19. The Morgan fingerprint density at radius 2 is 2.00 bits per heavy atom. The minimum atomic E-state index is -4.35. The first-order chi connectivity index (χ1) is 9.25. The highest BCUT2D eigenvalue weighted by atomic mass is 19.4. The van der Waals surface area contributed by atoms with Crippen molar-refractivity contribution >= 4 is 5.97 Å². The van der Waals surface area contributed by atoms with Gasteiger partial charge in [0.05, 0.1) is 18.6 Å². The number of carbonyl (C=O) groups excluding carboxylic acids is 1. The Bertz CT molecular complexity index is 460. The van der Waals surface area contributed by atoms with Crippen LogP contribution in [0.25, 0.3) is 0 Å². The van der Waals surface area contributed by atoms with Gasteiger partial charge in [0.15, 0.2) is 0 Å². The molecule has 1 aromatic rings. The highest BCUT2D eigenvalue weighted by Crippen LogP contribution is 2.29. The van der Waals surface area contributed by atoms with Crippen LogP contribution in [0, 0.1) is 5.92 Å². The zero-order valence-electron chi connectivity index (χ0n) is 11.6. The summed E-state index contributed by atoms with van der Waals surface area (Å²) in [5.41, 5.74) is -0.158. The summed E-state index contributed by atoms with van der Waals surface area (Å²) in [6.07, 6.45) is -4.35. The first kappa shape index (κ1) is 16.5. The molecule has 0 fully saturated rings. The Labute approximate surface area is 116 Å². The van der Waals surface area contributed by atoms with Gasteiger partial charge in [0.25, 0.3) is 0 Å². The zero-order chi connectivity index (χ0) is 15.3. The van der Waals surface area contributed by atoms with Crippen LogP contribution in [0.1, 0.15) is 25.0 Å². The van der Waals surface area contributed by atoms with E-state index in [1.165, 1.54) is 13.2 Å². The molecule has 0 aliphatic carbocycles. The van der Waals surface area contributed by atoms with Crippen LogP contribution in [0.3, 0.4) is 0 Å². The van der Waals surface area contributed by atoms with Gasteiger partial charge in [-0.3, -0.25) is 4.79 Å². The van der Waals surface area contributed by atoms with Crippen molar-refractivity contribution in [2.75, 3.05) is 7.11 Å². The molecule has 0 saturated heterocycles. The Balaban J connectivity index is 2.64. The van der Waals surface area contributed by atoms with Crippen molar-refractivity contribution in [3.05, 3.63) is 35.4 Å². The third-order valence-corrected chi connectivity index (χ3v) is 3.21. The summed E-state index contributed by atoms with van der Waals surface area (Å²) in [5.74, 6) is -0.722. The lowest BCUT2D eigenvalue weighted by Crippen LogP contribution is -2.36. The number of rotatable bonds is 5. The van der Waals surface area contributed by atoms with Crippen molar-refractivity contribution in [2.45, 2.75) is 32.6 Å². The number of ether oxygens (including phenoxy) is 1. The van der Waals surface area contributed by atoms with E-state index in [0.29, 0.717) is 5.56 Å². The number of halogens is 3. The lowest BCUT2D eigenvalue weighted by molar-refractivity contribution is -0.145. The van der Waals surface area contributed by atoms with Gasteiger partial charge in [0.2, 0.25) is 0 Å². The van der Waals surface area contributed by atoms with Crippen molar-refractivity contribution in [3.8, 4) is 0 Å². The van der Waals surface area contributed by atoms with E-state index in [0.717, 1.165) is 12.1 Å². The smallest absolute Gasteiger partial charge is 0.416 e. The summed E-state index contributed by atoms with van der Waals surface area (Å²) in [6.45, 7) is 3.75. The average molecular weight is 289 g/mol. The molecule has 0 amide bonds. The molecule has 0 spiro atoms. The maximum Gasteiger partial charge on any atom is 0.416 e. The van der Waals surface area contributed by atoms with Gasteiger partial charge < -0.3 is 10.1 Å². The number of hydrogen-bond acceptors (Lipinski definition) is 3. The number of esters is 1. The Hall–Kier alpha value is -1.56. The Kier molecular flexibility index (Phi) is 5.56. The van der Waals surface area contributed by atoms with Crippen molar-refractivity contribution in [3.63, 3.8) is 0 Å². The molecular formula is C14H18F3NO2. The molecule has 0 saturated carbocycles. The van der Waals surface area contributed by atoms with Gasteiger partial charge in [0.1, 0.15) is 0 Å². The second-order valence-electron chi connectivity index (χ2n) is 4.68. The normalized spacial score (nSPS) is 14.7. The van der Waals surface area contributed by atoms with Gasteiger partial charge in [-0.05, 0) is 18.6 Å². The van der Waals surface area contributed by atoms with Crippen LogP contribution >= 0.6 is 0 Å². The van der Waals surface area contributed by atoms with Crippen LogP contribution in [0.2, 0.25) is 0 Å².